The maximum absolute atomic E-state index is 12.6. The zero-order chi connectivity index (χ0) is 16.9. The maximum Gasteiger partial charge on any atom is 0.321 e. The lowest BCUT2D eigenvalue weighted by atomic mass is 9.86. The first-order chi connectivity index (χ1) is 11.7. The van der Waals surface area contributed by atoms with E-state index in [0.717, 1.165) is 37.2 Å². The van der Waals surface area contributed by atoms with Crippen LogP contribution in [0.5, 0.6) is 5.75 Å². The summed E-state index contributed by atoms with van der Waals surface area (Å²) in [5.74, 6) is 1.91. The van der Waals surface area contributed by atoms with Gasteiger partial charge in [-0.25, -0.2) is 4.79 Å². The van der Waals surface area contributed by atoms with E-state index in [1.54, 1.807) is 7.11 Å². The molecule has 1 fully saturated rings. The lowest BCUT2D eigenvalue weighted by Gasteiger charge is -2.19. The fraction of sp³-hybridized carbons (Fsp3) is 0.526. The van der Waals surface area contributed by atoms with Crippen molar-refractivity contribution in [3.05, 3.63) is 35.9 Å². The second-order valence-electron chi connectivity index (χ2n) is 6.64. The molecular weight excluding hydrogens is 304 g/mol. The maximum atomic E-state index is 12.6. The number of urea groups is 1. The predicted octanol–water partition coefficient (Wildman–Crippen LogP) is 3.45. The number of likely N-dealkylation sites (tertiary alicyclic amines) is 1. The average molecular weight is 330 g/mol. The van der Waals surface area contributed by atoms with E-state index in [2.05, 4.69) is 17.5 Å². The summed E-state index contributed by atoms with van der Waals surface area (Å²) in [5.41, 5.74) is 1.81. The van der Waals surface area contributed by atoms with Gasteiger partial charge in [-0.3, -0.25) is 0 Å². The van der Waals surface area contributed by atoms with Gasteiger partial charge in [-0.1, -0.05) is 18.2 Å². The molecule has 0 radical (unpaired) electrons. The summed E-state index contributed by atoms with van der Waals surface area (Å²) in [5, 5.41) is 3.02. The molecule has 1 aliphatic carbocycles. The Hall–Kier alpha value is -2.01. The van der Waals surface area contributed by atoms with Crippen molar-refractivity contribution < 1.29 is 14.3 Å². The lowest BCUT2D eigenvalue weighted by molar-refractivity contribution is 0.146. The monoisotopic (exact) mass is 330 g/mol. The highest BCUT2D eigenvalue weighted by Gasteiger charge is 2.35. The highest BCUT2D eigenvalue weighted by Crippen LogP contribution is 2.33. The van der Waals surface area contributed by atoms with Gasteiger partial charge in [0.05, 0.1) is 12.3 Å². The molecule has 130 valence electrons. The van der Waals surface area contributed by atoms with Crippen LogP contribution in [0.1, 0.15) is 18.4 Å². The molecule has 0 spiro atoms. The van der Waals surface area contributed by atoms with Crippen molar-refractivity contribution in [3.63, 3.8) is 0 Å². The Kier molecular flexibility index (Phi) is 5.41. The number of anilines is 1. The zero-order valence-electron chi connectivity index (χ0n) is 14.5. The standard InChI is InChI=1S/C19H26N2O3/c1-14-7-8-17(18(11-14)24-10-9-23-2)20-19(22)21-12-15-5-3-4-6-16(15)13-21/h3-4,7-8,11,15-16H,5-6,9-10,12-13H2,1-2H3,(H,20,22)/t15-,16+. The van der Waals surface area contributed by atoms with Crippen LogP contribution in [0.3, 0.4) is 0 Å². The molecular formula is C19H26N2O3. The van der Waals surface area contributed by atoms with E-state index in [-0.39, 0.29) is 6.03 Å². The molecule has 0 aromatic heterocycles. The second-order valence-corrected chi connectivity index (χ2v) is 6.64. The van der Waals surface area contributed by atoms with Crippen LogP contribution in [-0.2, 0) is 4.74 Å². The SMILES string of the molecule is COCCOc1cc(C)ccc1NC(=O)N1C[C@H]2CC=CC[C@H]2C1. The molecule has 0 saturated carbocycles. The molecule has 3 rings (SSSR count). The van der Waals surface area contributed by atoms with Gasteiger partial charge in [-0.15, -0.1) is 0 Å². The first-order valence-electron chi connectivity index (χ1n) is 8.60. The van der Waals surface area contributed by atoms with Crippen LogP contribution in [0, 0.1) is 18.8 Å². The van der Waals surface area contributed by atoms with Gasteiger partial charge in [-0.2, -0.15) is 0 Å². The van der Waals surface area contributed by atoms with Gasteiger partial charge >= 0.3 is 6.03 Å². The van der Waals surface area contributed by atoms with Crippen molar-refractivity contribution in [1.82, 2.24) is 4.90 Å². The molecule has 5 nitrogen and oxygen atoms in total. The van der Waals surface area contributed by atoms with Crippen molar-refractivity contribution in [3.8, 4) is 5.75 Å². The van der Waals surface area contributed by atoms with Gasteiger partial charge in [0.25, 0.3) is 0 Å². The molecule has 24 heavy (non-hydrogen) atoms. The Bertz CT molecular complexity index is 599. The first kappa shape index (κ1) is 16.8. The average Bonchev–Trinajstić information content (AvgIpc) is 3.01. The molecule has 1 aromatic rings. The lowest BCUT2D eigenvalue weighted by Crippen LogP contribution is -2.33. The Morgan fingerprint density at radius 3 is 2.58 bits per heavy atom. The number of methoxy groups -OCH3 is 1. The highest BCUT2D eigenvalue weighted by atomic mass is 16.5. The summed E-state index contributed by atoms with van der Waals surface area (Å²) in [6.45, 7) is 4.66. The van der Waals surface area contributed by atoms with Crippen molar-refractivity contribution in [2.24, 2.45) is 11.8 Å². The van der Waals surface area contributed by atoms with Crippen LogP contribution < -0.4 is 10.1 Å². The number of nitrogens with one attached hydrogen (secondary N) is 1. The Morgan fingerprint density at radius 1 is 1.21 bits per heavy atom. The molecule has 0 bridgehead atoms. The largest absolute Gasteiger partial charge is 0.489 e. The van der Waals surface area contributed by atoms with Crippen LogP contribution in [0.2, 0.25) is 0 Å². The summed E-state index contributed by atoms with van der Waals surface area (Å²) in [6, 6.07) is 5.79. The van der Waals surface area contributed by atoms with Gasteiger partial charge in [-0.05, 0) is 49.3 Å². The molecule has 2 atom stereocenters. The zero-order valence-corrected chi connectivity index (χ0v) is 14.5. The summed E-state index contributed by atoms with van der Waals surface area (Å²) in [4.78, 5) is 14.6. The minimum Gasteiger partial charge on any atom is -0.489 e. The smallest absolute Gasteiger partial charge is 0.321 e. The molecule has 1 N–H and O–H groups in total. The van der Waals surface area contributed by atoms with E-state index in [4.69, 9.17) is 9.47 Å². The number of hydrogen-bond acceptors (Lipinski definition) is 3. The fourth-order valence-corrected chi connectivity index (χ4v) is 3.46. The van der Waals surface area contributed by atoms with Crippen molar-refractivity contribution in [2.45, 2.75) is 19.8 Å². The van der Waals surface area contributed by atoms with E-state index >= 15 is 0 Å². The number of allylic oxidation sites excluding steroid dienone is 2. The summed E-state index contributed by atoms with van der Waals surface area (Å²) in [6.07, 6.45) is 6.66. The number of fused-ring (bicyclic) bond motifs is 1. The van der Waals surface area contributed by atoms with Crippen LogP contribution >= 0.6 is 0 Å². The second kappa shape index (κ2) is 7.71. The van der Waals surface area contributed by atoms with Gasteiger partial charge < -0.3 is 19.7 Å². The van der Waals surface area contributed by atoms with Crippen LogP contribution in [0.15, 0.2) is 30.4 Å². The summed E-state index contributed by atoms with van der Waals surface area (Å²) in [7, 11) is 1.64. The number of nitrogens with zero attached hydrogens (tertiary/aromatic N) is 1. The predicted molar refractivity (Wildman–Crippen MR) is 94.5 cm³/mol. The Labute approximate surface area is 143 Å². The summed E-state index contributed by atoms with van der Waals surface area (Å²) < 4.78 is 10.8. The third-order valence-electron chi connectivity index (χ3n) is 4.83. The van der Waals surface area contributed by atoms with Crippen molar-refractivity contribution in [1.29, 1.82) is 0 Å². The van der Waals surface area contributed by atoms with E-state index in [1.807, 2.05) is 30.0 Å². The number of aryl methyl sites for hydroxylation is 1. The summed E-state index contributed by atoms with van der Waals surface area (Å²) >= 11 is 0. The van der Waals surface area contributed by atoms with Crippen LogP contribution in [0.4, 0.5) is 10.5 Å². The molecule has 1 saturated heterocycles. The third kappa shape index (κ3) is 3.90. The number of amides is 2. The number of benzene rings is 1. The molecule has 1 heterocycles. The number of ether oxygens (including phenoxy) is 2. The number of carbonyl (C=O) groups is 1. The minimum absolute atomic E-state index is 0.0372. The number of rotatable bonds is 5. The Morgan fingerprint density at radius 2 is 1.92 bits per heavy atom. The normalized spacial score (nSPS) is 22.3. The van der Waals surface area contributed by atoms with Crippen molar-refractivity contribution >= 4 is 11.7 Å². The van der Waals surface area contributed by atoms with Gasteiger partial charge in [0.1, 0.15) is 12.4 Å². The Balaban J connectivity index is 1.63. The topological polar surface area (TPSA) is 50.8 Å². The molecule has 1 aliphatic heterocycles. The van der Waals surface area contributed by atoms with E-state index < -0.39 is 0 Å². The van der Waals surface area contributed by atoms with Gasteiger partial charge in [0, 0.05) is 20.2 Å². The molecule has 5 heteroatoms. The van der Waals surface area contributed by atoms with Crippen LogP contribution in [-0.4, -0.2) is 44.3 Å². The van der Waals surface area contributed by atoms with Crippen molar-refractivity contribution in [2.75, 3.05) is 38.7 Å². The van der Waals surface area contributed by atoms with E-state index in [0.29, 0.717) is 30.8 Å². The minimum atomic E-state index is -0.0372. The van der Waals surface area contributed by atoms with E-state index in [9.17, 15) is 4.79 Å². The molecule has 2 aliphatic rings. The first-order valence-corrected chi connectivity index (χ1v) is 8.60. The van der Waals surface area contributed by atoms with Crippen LogP contribution in [0.25, 0.3) is 0 Å². The quantitative estimate of drug-likeness (QED) is 0.664. The number of carbonyl (C=O) groups excluding carboxylic acids is 1. The van der Waals surface area contributed by atoms with Gasteiger partial charge in [0.2, 0.25) is 0 Å². The molecule has 2 amide bonds. The fourth-order valence-electron chi connectivity index (χ4n) is 3.46. The van der Waals surface area contributed by atoms with Gasteiger partial charge in [0.15, 0.2) is 0 Å². The molecule has 0 unspecified atom stereocenters. The number of hydrogen-bond donors (Lipinski definition) is 1. The van der Waals surface area contributed by atoms with E-state index in [1.165, 1.54) is 0 Å². The highest BCUT2D eigenvalue weighted by molar-refractivity contribution is 5.91. The molecule has 1 aromatic carbocycles. The third-order valence-corrected chi connectivity index (χ3v) is 4.83.